The number of hydrogen-bond donors (Lipinski definition) is 2. The van der Waals surface area contributed by atoms with E-state index >= 15 is 0 Å². The number of amides is 2. The smallest absolute Gasteiger partial charge is 0.407 e. The highest BCUT2D eigenvalue weighted by Gasteiger charge is 2.21. The molecule has 0 atom stereocenters. The second-order valence-electron chi connectivity index (χ2n) is 7.17. The van der Waals surface area contributed by atoms with Crippen LogP contribution in [0.25, 0.3) is 6.08 Å². The van der Waals surface area contributed by atoms with Crippen LogP contribution >= 0.6 is 0 Å². The lowest BCUT2D eigenvalue weighted by atomic mass is 10.1. The van der Waals surface area contributed by atoms with Crippen LogP contribution in [-0.2, 0) is 14.3 Å². The molecule has 152 valence electrons. The highest BCUT2D eigenvalue weighted by atomic mass is 16.6. The molecule has 8 heteroatoms. The van der Waals surface area contributed by atoms with Crippen molar-refractivity contribution in [3.05, 3.63) is 34.9 Å². The van der Waals surface area contributed by atoms with E-state index in [2.05, 4.69) is 10.6 Å². The lowest BCUT2D eigenvalue weighted by Gasteiger charge is -2.19. The minimum absolute atomic E-state index is 0.225. The average molecular weight is 390 g/mol. The standard InChI is InChI=1S/C20H26N2O6/c1-20(2,3)28-19(25)22-10-9-21-17(23)15-7-5-6-13-12-14(18(24)26-4)8-11-27-16(13)15/h5-7,12H,8-11H2,1-4H3,(H,21,23)(H,22,25). The SMILES string of the molecule is COC(=O)C1=Cc2cccc(C(=O)NCCNC(=O)OC(C)(C)C)c2OCC1. The fourth-order valence-corrected chi connectivity index (χ4v) is 2.57. The first-order chi connectivity index (χ1) is 13.2. The maximum absolute atomic E-state index is 12.5. The molecule has 1 aliphatic rings. The summed E-state index contributed by atoms with van der Waals surface area (Å²) in [5, 5.41) is 5.31. The normalized spacial score (nSPS) is 13.2. The molecule has 1 aliphatic heterocycles. The molecule has 28 heavy (non-hydrogen) atoms. The summed E-state index contributed by atoms with van der Waals surface area (Å²) in [6, 6.07) is 5.13. The van der Waals surface area contributed by atoms with E-state index in [-0.39, 0.29) is 25.6 Å². The van der Waals surface area contributed by atoms with E-state index < -0.39 is 17.7 Å². The summed E-state index contributed by atoms with van der Waals surface area (Å²) in [5.74, 6) is -0.337. The topological polar surface area (TPSA) is 103 Å². The molecule has 1 aromatic carbocycles. The Morgan fingerprint density at radius 2 is 1.86 bits per heavy atom. The van der Waals surface area contributed by atoms with Gasteiger partial charge in [-0.1, -0.05) is 12.1 Å². The Balaban J connectivity index is 1.99. The number of alkyl carbamates (subject to hydrolysis) is 1. The summed E-state index contributed by atoms with van der Waals surface area (Å²) >= 11 is 0. The highest BCUT2D eigenvalue weighted by molar-refractivity contribution is 6.00. The first-order valence-corrected chi connectivity index (χ1v) is 9.01. The fraction of sp³-hybridized carbons (Fsp3) is 0.450. The van der Waals surface area contributed by atoms with Gasteiger partial charge in [0, 0.05) is 30.6 Å². The number of rotatable bonds is 5. The molecule has 2 N–H and O–H groups in total. The Hall–Kier alpha value is -3.03. The number of esters is 1. The number of nitrogens with one attached hydrogen (secondary N) is 2. The predicted octanol–water partition coefficient (Wildman–Crippen LogP) is 2.28. The van der Waals surface area contributed by atoms with E-state index in [4.69, 9.17) is 14.2 Å². The van der Waals surface area contributed by atoms with E-state index in [0.717, 1.165) is 0 Å². The maximum atomic E-state index is 12.5. The molecule has 0 spiro atoms. The minimum Gasteiger partial charge on any atom is -0.492 e. The molecule has 0 saturated heterocycles. The molecule has 0 bridgehead atoms. The van der Waals surface area contributed by atoms with Gasteiger partial charge in [-0.05, 0) is 32.9 Å². The first-order valence-electron chi connectivity index (χ1n) is 9.01. The monoisotopic (exact) mass is 390 g/mol. The molecule has 0 unspecified atom stereocenters. The van der Waals surface area contributed by atoms with Crippen molar-refractivity contribution in [2.24, 2.45) is 0 Å². The van der Waals surface area contributed by atoms with Gasteiger partial charge in [-0.15, -0.1) is 0 Å². The van der Waals surface area contributed by atoms with E-state index in [0.29, 0.717) is 28.9 Å². The highest BCUT2D eigenvalue weighted by Crippen LogP contribution is 2.30. The minimum atomic E-state index is -0.581. The summed E-state index contributed by atoms with van der Waals surface area (Å²) in [7, 11) is 1.32. The van der Waals surface area contributed by atoms with Crippen molar-refractivity contribution in [2.75, 3.05) is 26.8 Å². The number of para-hydroxylation sites is 1. The van der Waals surface area contributed by atoms with Gasteiger partial charge in [0.1, 0.15) is 11.4 Å². The van der Waals surface area contributed by atoms with Gasteiger partial charge in [-0.3, -0.25) is 4.79 Å². The Bertz CT molecular complexity index is 779. The zero-order chi connectivity index (χ0) is 20.7. The van der Waals surface area contributed by atoms with Gasteiger partial charge in [0.2, 0.25) is 0 Å². The average Bonchev–Trinajstić information content (AvgIpc) is 2.85. The Labute approximate surface area is 164 Å². The summed E-state index contributed by atoms with van der Waals surface area (Å²) in [5.41, 5.74) is 0.901. The van der Waals surface area contributed by atoms with Gasteiger partial charge >= 0.3 is 12.1 Å². The third-order valence-electron chi connectivity index (χ3n) is 3.76. The van der Waals surface area contributed by atoms with Gasteiger partial charge in [0.25, 0.3) is 5.91 Å². The van der Waals surface area contributed by atoms with Crippen LogP contribution < -0.4 is 15.4 Å². The number of hydrogen-bond acceptors (Lipinski definition) is 6. The molecule has 0 radical (unpaired) electrons. The van der Waals surface area contributed by atoms with Crippen molar-refractivity contribution in [3.63, 3.8) is 0 Å². The Kier molecular flexibility index (Phi) is 7.03. The van der Waals surface area contributed by atoms with Crippen LogP contribution in [0.2, 0.25) is 0 Å². The Morgan fingerprint density at radius 1 is 1.14 bits per heavy atom. The number of methoxy groups -OCH3 is 1. The van der Waals surface area contributed by atoms with Crippen LogP contribution in [0.15, 0.2) is 23.8 Å². The van der Waals surface area contributed by atoms with Crippen LogP contribution in [0.1, 0.15) is 43.1 Å². The molecule has 0 aliphatic carbocycles. The molecular weight excluding hydrogens is 364 g/mol. The van der Waals surface area contributed by atoms with E-state index in [9.17, 15) is 14.4 Å². The van der Waals surface area contributed by atoms with Crippen LogP contribution in [0.5, 0.6) is 5.75 Å². The number of benzene rings is 1. The third-order valence-corrected chi connectivity index (χ3v) is 3.76. The van der Waals surface area contributed by atoms with Gasteiger partial charge in [0.15, 0.2) is 0 Å². The van der Waals surface area contributed by atoms with Crippen molar-refractivity contribution in [3.8, 4) is 5.75 Å². The zero-order valence-corrected chi connectivity index (χ0v) is 16.6. The molecule has 1 heterocycles. The second kappa shape index (κ2) is 9.25. The molecule has 2 rings (SSSR count). The lowest BCUT2D eigenvalue weighted by Crippen LogP contribution is -2.38. The summed E-state index contributed by atoms with van der Waals surface area (Å²) < 4.78 is 15.6. The van der Waals surface area contributed by atoms with Crippen LogP contribution in [-0.4, -0.2) is 50.4 Å². The molecule has 0 saturated carbocycles. The molecule has 8 nitrogen and oxygen atoms in total. The number of carbonyl (C=O) groups excluding carboxylic acids is 3. The van der Waals surface area contributed by atoms with Crippen LogP contribution in [0.4, 0.5) is 4.79 Å². The molecular formula is C20H26N2O6. The number of carbonyl (C=O) groups is 3. The van der Waals surface area contributed by atoms with Gasteiger partial charge in [0.05, 0.1) is 19.3 Å². The Morgan fingerprint density at radius 3 is 2.54 bits per heavy atom. The van der Waals surface area contributed by atoms with Crippen molar-refractivity contribution in [1.82, 2.24) is 10.6 Å². The maximum Gasteiger partial charge on any atom is 0.407 e. The quantitative estimate of drug-likeness (QED) is 0.591. The van der Waals surface area contributed by atoms with Crippen LogP contribution in [0, 0.1) is 0 Å². The molecule has 0 fully saturated rings. The van der Waals surface area contributed by atoms with Gasteiger partial charge in [-0.25, -0.2) is 9.59 Å². The van der Waals surface area contributed by atoms with Gasteiger partial charge in [-0.2, -0.15) is 0 Å². The summed E-state index contributed by atoms with van der Waals surface area (Å²) in [6.07, 6.45) is 1.52. The summed E-state index contributed by atoms with van der Waals surface area (Å²) in [6.45, 7) is 6.03. The largest absolute Gasteiger partial charge is 0.492 e. The third kappa shape index (κ3) is 6.00. The van der Waals surface area contributed by atoms with Crippen LogP contribution in [0.3, 0.4) is 0 Å². The molecule has 1 aromatic rings. The number of ether oxygens (including phenoxy) is 3. The first kappa shape index (κ1) is 21.3. The van der Waals surface area contributed by atoms with Crippen molar-refractivity contribution >= 4 is 24.0 Å². The van der Waals surface area contributed by atoms with Crippen molar-refractivity contribution in [2.45, 2.75) is 32.8 Å². The fourth-order valence-electron chi connectivity index (χ4n) is 2.57. The van der Waals surface area contributed by atoms with Crippen molar-refractivity contribution < 1.29 is 28.6 Å². The zero-order valence-electron chi connectivity index (χ0n) is 16.6. The second-order valence-corrected chi connectivity index (χ2v) is 7.17. The van der Waals surface area contributed by atoms with Gasteiger partial charge < -0.3 is 24.8 Å². The van der Waals surface area contributed by atoms with E-state index in [1.165, 1.54) is 7.11 Å². The van der Waals surface area contributed by atoms with E-state index in [1.807, 2.05) is 0 Å². The molecule has 2 amide bonds. The van der Waals surface area contributed by atoms with Crippen molar-refractivity contribution in [1.29, 1.82) is 0 Å². The summed E-state index contributed by atoms with van der Waals surface area (Å²) in [4.78, 5) is 35.9. The van der Waals surface area contributed by atoms with E-state index in [1.54, 1.807) is 45.0 Å². The molecule has 0 aromatic heterocycles. The lowest BCUT2D eigenvalue weighted by molar-refractivity contribution is -0.136. The predicted molar refractivity (Wildman–Crippen MR) is 103 cm³/mol. The number of fused-ring (bicyclic) bond motifs is 1.